The Morgan fingerprint density at radius 3 is 1.75 bits per heavy atom. The topological polar surface area (TPSA) is 0 Å². The Hall–Kier alpha value is 0.480. The molecule has 0 N–H and O–H groups in total. The van der Waals surface area contributed by atoms with Gasteiger partial charge in [-0.05, 0) is 17.8 Å². The molecule has 1 aliphatic rings. The Morgan fingerprint density at radius 1 is 1.38 bits per heavy atom. The molecule has 0 aromatic heterocycles. The number of rotatable bonds is 0. The lowest BCUT2D eigenvalue weighted by molar-refractivity contribution is 0.353. The van der Waals surface area contributed by atoms with Gasteiger partial charge in [-0.3, -0.25) is 0 Å². The maximum absolute atomic E-state index is 3.58. The van der Waals surface area contributed by atoms with Crippen molar-refractivity contribution in [1.82, 2.24) is 0 Å². The van der Waals surface area contributed by atoms with E-state index in [9.17, 15) is 0 Å². The van der Waals surface area contributed by atoms with Crippen molar-refractivity contribution in [3.8, 4) is 0 Å². The average molecular weight is 177 g/mol. The second-order valence-electron chi connectivity index (χ2n) is 3.72. The molecule has 0 unspecified atom stereocenters. The molecule has 0 nitrogen and oxygen atoms in total. The summed E-state index contributed by atoms with van der Waals surface area (Å²) < 4.78 is 0. The van der Waals surface area contributed by atoms with Crippen LogP contribution >= 0.6 is 15.9 Å². The van der Waals surface area contributed by atoms with E-state index in [1.807, 2.05) is 0 Å². The third kappa shape index (κ3) is 1.25. The first kappa shape index (κ1) is 6.60. The SMILES string of the molecule is CC(C)(C)[C@@H]1C[C@H]1Br. The number of halogens is 1. The standard InChI is InChI=1S/C7H13Br/c1-7(2,3)5-4-6(5)8/h5-6H,4H2,1-3H3/t5-,6-/m1/s1. The summed E-state index contributed by atoms with van der Waals surface area (Å²) in [6.45, 7) is 6.91. The molecule has 0 heterocycles. The molecule has 0 spiro atoms. The van der Waals surface area contributed by atoms with Crippen LogP contribution in [0.2, 0.25) is 0 Å². The van der Waals surface area contributed by atoms with E-state index in [1.54, 1.807) is 0 Å². The van der Waals surface area contributed by atoms with Crippen molar-refractivity contribution < 1.29 is 0 Å². The van der Waals surface area contributed by atoms with Gasteiger partial charge in [0.05, 0.1) is 0 Å². The van der Waals surface area contributed by atoms with Gasteiger partial charge < -0.3 is 0 Å². The molecule has 0 aliphatic heterocycles. The normalized spacial score (nSPS) is 37.5. The van der Waals surface area contributed by atoms with Crippen molar-refractivity contribution in [2.24, 2.45) is 11.3 Å². The molecular formula is C7H13Br. The van der Waals surface area contributed by atoms with E-state index in [0.717, 1.165) is 10.7 Å². The lowest BCUT2D eigenvalue weighted by Crippen LogP contribution is -2.08. The van der Waals surface area contributed by atoms with E-state index in [0.29, 0.717) is 5.41 Å². The average Bonchev–Trinajstić information content (AvgIpc) is 2.13. The first-order valence-electron chi connectivity index (χ1n) is 3.16. The zero-order chi connectivity index (χ0) is 6.36. The van der Waals surface area contributed by atoms with Crippen LogP contribution in [0.1, 0.15) is 27.2 Å². The molecule has 48 valence electrons. The highest BCUT2D eigenvalue weighted by Gasteiger charge is 2.43. The molecule has 0 radical (unpaired) electrons. The van der Waals surface area contributed by atoms with Crippen molar-refractivity contribution in [2.75, 3.05) is 0 Å². The second-order valence-corrected chi connectivity index (χ2v) is 4.90. The van der Waals surface area contributed by atoms with Gasteiger partial charge in [0.2, 0.25) is 0 Å². The molecule has 1 aliphatic carbocycles. The molecule has 1 saturated carbocycles. The summed E-state index contributed by atoms with van der Waals surface area (Å²) in [6.07, 6.45) is 1.38. The molecule has 1 fully saturated rings. The van der Waals surface area contributed by atoms with Gasteiger partial charge in [-0.25, -0.2) is 0 Å². The summed E-state index contributed by atoms with van der Waals surface area (Å²) in [6, 6.07) is 0. The minimum absolute atomic E-state index is 0.536. The van der Waals surface area contributed by atoms with Crippen molar-refractivity contribution in [3.05, 3.63) is 0 Å². The van der Waals surface area contributed by atoms with Gasteiger partial charge in [-0.15, -0.1) is 0 Å². The third-order valence-electron chi connectivity index (χ3n) is 1.82. The van der Waals surface area contributed by atoms with Crippen LogP contribution in [0.25, 0.3) is 0 Å². The largest absolute Gasteiger partial charge is 0.0887 e. The van der Waals surface area contributed by atoms with E-state index in [2.05, 4.69) is 36.7 Å². The number of hydrogen-bond acceptors (Lipinski definition) is 0. The van der Waals surface area contributed by atoms with Gasteiger partial charge in [0, 0.05) is 4.83 Å². The van der Waals surface area contributed by atoms with Crippen LogP contribution in [0.5, 0.6) is 0 Å². The summed E-state index contributed by atoms with van der Waals surface area (Å²) in [4.78, 5) is 0.822. The molecule has 0 aromatic rings. The number of alkyl halides is 1. The van der Waals surface area contributed by atoms with Crippen LogP contribution in [-0.4, -0.2) is 4.83 Å². The monoisotopic (exact) mass is 176 g/mol. The van der Waals surface area contributed by atoms with Crippen LogP contribution in [0.4, 0.5) is 0 Å². The van der Waals surface area contributed by atoms with Crippen LogP contribution in [-0.2, 0) is 0 Å². The minimum atomic E-state index is 0.536. The van der Waals surface area contributed by atoms with Gasteiger partial charge in [0.25, 0.3) is 0 Å². The van der Waals surface area contributed by atoms with E-state index in [4.69, 9.17) is 0 Å². The molecule has 0 amide bonds. The van der Waals surface area contributed by atoms with Crippen LogP contribution < -0.4 is 0 Å². The molecule has 1 rings (SSSR count). The maximum Gasteiger partial charge on any atom is 0.0182 e. The number of hydrogen-bond donors (Lipinski definition) is 0. The zero-order valence-electron chi connectivity index (χ0n) is 5.74. The Kier molecular flexibility index (Phi) is 1.43. The Balaban J connectivity index is 2.39. The van der Waals surface area contributed by atoms with Gasteiger partial charge >= 0.3 is 0 Å². The first-order chi connectivity index (χ1) is 3.52. The summed E-state index contributed by atoms with van der Waals surface area (Å²) in [5.41, 5.74) is 0.536. The first-order valence-corrected chi connectivity index (χ1v) is 4.07. The van der Waals surface area contributed by atoms with E-state index < -0.39 is 0 Å². The highest BCUT2D eigenvalue weighted by Crippen LogP contribution is 2.49. The summed E-state index contributed by atoms with van der Waals surface area (Å²) >= 11 is 3.58. The molecular weight excluding hydrogens is 164 g/mol. The highest BCUT2D eigenvalue weighted by molar-refractivity contribution is 9.09. The Bertz CT molecular complexity index is 91.1. The second kappa shape index (κ2) is 1.73. The fourth-order valence-electron chi connectivity index (χ4n) is 1.06. The van der Waals surface area contributed by atoms with Crippen molar-refractivity contribution >= 4 is 15.9 Å². The van der Waals surface area contributed by atoms with Gasteiger partial charge in [-0.1, -0.05) is 36.7 Å². The predicted octanol–water partition coefficient (Wildman–Crippen LogP) is 2.82. The van der Waals surface area contributed by atoms with Crippen LogP contribution in [0.3, 0.4) is 0 Å². The quantitative estimate of drug-likeness (QED) is 0.499. The minimum Gasteiger partial charge on any atom is -0.0887 e. The fourth-order valence-corrected chi connectivity index (χ4v) is 2.26. The van der Waals surface area contributed by atoms with Gasteiger partial charge in [-0.2, -0.15) is 0 Å². The molecule has 0 bridgehead atoms. The Labute approximate surface area is 59.8 Å². The van der Waals surface area contributed by atoms with Crippen LogP contribution in [0.15, 0.2) is 0 Å². The van der Waals surface area contributed by atoms with E-state index >= 15 is 0 Å². The van der Waals surface area contributed by atoms with Crippen molar-refractivity contribution in [3.63, 3.8) is 0 Å². The molecule has 8 heavy (non-hydrogen) atoms. The molecule has 0 saturated heterocycles. The third-order valence-corrected chi connectivity index (χ3v) is 2.84. The van der Waals surface area contributed by atoms with Gasteiger partial charge in [0.1, 0.15) is 0 Å². The summed E-state index contributed by atoms with van der Waals surface area (Å²) in [5, 5.41) is 0. The molecule has 2 atom stereocenters. The molecule has 1 heteroatoms. The predicted molar refractivity (Wildman–Crippen MR) is 40.3 cm³/mol. The lowest BCUT2D eigenvalue weighted by Gasteiger charge is -2.16. The summed E-state index contributed by atoms with van der Waals surface area (Å²) in [5.74, 6) is 0.933. The van der Waals surface area contributed by atoms with E-state index in [-0.39, 0.29) is 0 Å². The maximum atomic E-state index is 3.58. The van der Waals surface area contributed by atoms with Crippen LogP contribution in [0, 0.1) is 11.3 Å². The van der Waals surface area contributed by atoms with Crippen molar-refractivity contribution in [2.45, 2.75) is 32.0 Å². The van der Waals surface area contributed by atoms with Crippen molar-refractivity contribution in [1.29, 1.82) is 0 Å². The zero-order valence-corrected chi connectivity index (χ0v) is 7.33. The van der Waals surface area contributed by atoms with E-state index in [1.165, 1.54) is 6.42 Å². The lowest BCUT2D eigenvalue weighted by atomic mass is 9.90. The Morgan fingerprint density at radius 2 is 1.75 bits per heavy atom. The smallest absolute Gasteiger partial charge is 0.0182 e. The molecule has 0 aromatic carbocycles. The van der Waals surface area contributed by atoms with Gasteiger partial charge in [0.15, 0.2) is 0 Å². The summed E-state index contributed by atoms with van der Waals surface area (Å²) in [7, 11) is 0. The fraction of sp³-hybridized carbons (Fsp3) is 1.00. The highest BCUT2D eigenvalue weighted by atomic mass is 79.9.